The van der Waals surface area contributed by atoms with Gasteiger partial charge in [0.1, 0.15) is 5.82 Å². The molecule has 3 N–H and O–H groups in total. The molecule has 4 nitrogen and oxygen atoms in total. The fourth-order valence-electron chi connectivity index (χ4n) is 2.13. The van der Waals surface area contributed by atoms with Gasteiger partial charge in [-0.05, 0) is 30.5 Å². The van der Waals surface area contributed by atoms with Gasteiger partial charge in [-0.2, -0.15) is 4.98 Å². The summed E-state index contributed by atoms with van der Waals surface area (Å²) in [5.41, 5.74) is 7.71. The number of aromatic nitrogens is 1. The third-order valence-corrected chi connectivity index (χ3v) is 3.26. The van der Waals surface area contributed by atoms with Gasteiger partial charge in [0.05, 0.1) is 18.3 Å². The molecule has 2 rings (SSSR count). The highest BCUT2D eigenvalue weighted by molar-refractivity contribution is 5.54. The van der Waals surface area contributed by atoms with Crippen LogP contribution in [-0.4, -0.2) is 11.6 Å². The molecule has 112 valence electrons. The van der Waals surface area contributed by atoms with Crippen molar-refractivity contribution in [3.8, 4) is 5.88 Å². The van der Waals surface area contributed by atoms with E-state index in [1.165, 1.54) is 5.56 Å². The summed E-state index contributed by atoms with van der Waals surface area (Å²) in [4.78, 5) is 4.46. The predicted molar refractivity (Wildman–Crippen MR) is 87.5 cm³/mol. The van der Waals surface area contributed by atoms with E-state index in [0.29, 0.717) is 18.2 Å². The Labute approximate surface area is 126 Å². The lowest BCUT2D eigenvalue weighted by atomic mass is 10.0. The summed E-state index contributed by atoms with van der Waals surface area (Å²) < 4.78 is 5.57. The molecular formula is C17H23N3O. The maximum atomic E-state index is 5.89. The van der Waals surface area contributed by atoms with Gasteiger partial charge in [-0.25, -0.2) is 0 Å². The molecule has 0 aliphatic carbocycles. The van der Waals surface area contributed by atoms with Crippen LogP contribution in [0.1, 0.15) is 38.3 Å². The minimum absolute atomic E-state index is 0.223. The number of ether oxygens (including phenoxy) is 1. The number of benzene rings is 1. The highest BCUT2D eigenvalue weighted by Crippen LogP contribution is 2.25. The Morgan fingerprint density at radius 1 is 1.14 bits per heavy atom. The summed E-state index contributed by atoms with van der Waals surface area (Å²) in [6.45, 7) is 4.83. The Hall–Kier alpha value is -2.23. The number of nitrogens with zero attached hydrogens (tertiary/aromatic N) is 1. The van der Waals surface area contributed by atoms with Gasteiger partial charge >= 0.3 is 0 Å². The first-order valence-electron chi connectivity index (χ1n) is 7.45. The maximum absolute atomic E-state index is 5.89. The number of nitrogens with two attached hydrogens (primary N) is 1. The quantitative estimate of drug-likeness (QED) is 0.806. The summed E-state index contributed by atoms with van der Waals surface area (Å²) >= 11 is 0. The monoisotopic (exact) mass is 285 g/mol. The lowest BCUT2D eigenvalue weighted by Gasteiger charge is -2.19. The second-order valence-electron chi connectivity index (χ2n) is 4.96. The van der Waals surface area contributed by atoms with Gasteiger partial charge in [0.25, 0.3) is 0 Å². The van der Waals surface area contributed by atoms with Crippen molar-refractivity contribution in [1.29, 1.82) is 0 Å². The molecule has 2 aromatic rings. The van der Waals surface area contributed by atoms with Crippen LogP contribution < -0.4 is 15.8 Å². The van der Waals surface area contributed by atoms with Gasteiger partial charge in [0, 0.05) is 0 Å². The highest BCUT2D eigenvalue weighted by Gasteiger charge is 2.11. The average molecular weight is 285 g/mol. The lowest BCUT2D eigenvalue weighted by Crippen LogP contribution is -2.11. The molecule has 0 saturated heterocycles. The smallest absolute Gasteiger partial charge is 0.239 e. The largest absolute Gasteiger partial charge is 0.476 e. The molecule has 21 heavy (non-hydrogen) atoms. The summed E-state index contributed by atoms with van der Waals surface area (Å²) in [6, 6.07) is 14.3. The summed E-state index contributed by atoms with van der Waals surface area (Å²) in [5.74, 6) is 1.29. The molecule has 4 heteroatoms. The number of anilines is 2. The normalized spacial score (nSPS) is 11.9. The van der Waals surface area contributed by atoms with Crippen LogP contribution in [0.15, 0.2) is 42.5 Å². The third-order valence-electron chi connectivity index (χ3n) is 3.26. The maximum Gasteiger partial charge on any atom is 0.239 e. The van der Waals surface area contributed by atoms with Gasteiger partial charge in [0.2, 0.25) is 5.88 Å². The SMILES string of the molecule is CCCOc1nc(NC(CC)c2ccccc2)ccc1N. The second-order valence-corrected chi connectivity index (χ2v) is 4.96. The summed E-state index contributed by atoms with van der Waals surface area (Å²) in [5, 5.41) is 3.44. The molecule has 1 unspecified atom stereocenters. The third kappa shape index (κ3) is 4.12. The molecule has 1 aromatic carbocycles. The first-order chi connectivity index (χ1) is 10.2. The molecule has 0 amide bonds. The van der Waals surface area contributed by atoms with Crippen molar-refractivity contribution in [2.75, 3.05) is 17.7 Å². The van der Waals surface area contributed by atoms with Crippen LogP contribution in [0.25, 0.3) is 0 Å². The van der Waals surface area contributed by atoms with E-state index in [2.05, 4.69) is 36.3 Å². The lowest BCUT2D eigenvalue weighted by molar-refractivity contribution is 0.307. The average Bonchev–Trinajstić information content (AvgIpc) is 2.53. The molecule has 1 atom stereocenters. The van der Waals surface area contributed by atoms with Crippen LogP contribution in [0.5, 0.6) is 5.88 Å². The molecule has 0 aliphatic rings. The molecule has 0 fully saturated rings. The molecular weight excluding hydrogens is 262 g/mol. The van der Waals surface area contributed by atoms with Gasteiger partial charge in [-0.1, -0.05) is 44.2 Å². The van der Waals surface area contributed by atoms with Crippen LogP contribution in [0.2, 0.25) is 0 Å². The Bertz CT molecular complexity index is 557. The molecule has 0 spiro atoms. The number of hydrogen-bond acceptors (Lipinski definition) is 4. The van der Waals surface area contributed by atoms with E-state index in [4.69, 9.17) is 10.5 Å². The van der Waals surface area contributed by atoms with Crippen LogP contribution in [-0.2, 0) is 0 Å². The Morgan fingerprint density at radius 3 is 2.57 bits per heavy atom. The van der Waals surface area contributed by atoms with Crippen LogP contribution in [0, 0.1) is 0 Å². The van der Waals surface area contributed by atoms with E-state index < -0.39 is 0 Å². The zero-order valence-corrected chi connectivity index (χ0v) is 12.7. The van der Waals surface area contributed by atoms with Crippen molar-refractivity contribution < 1.29 is 4.74 Å². The van der Waals surface area contributed by atoms with Crippen molar-refractivity contribution in [1.82, 2.24) is 4.98 Å². The Balaban J connectivity index is 2.14. The zero-order chi connectivity index (χ0) is 15.1. The van der Waals surface area contributed by atoms with Gasteiger partial charge in [-0.15, -0.1) is 0 Å². The van der Waals surface area contributed by atoms with E-state index in [1.807, 2.05) is 30.3 Å². The number of nitrogen functional groups attached to an aromatic ring is 1. The van der Waals surface area contributed by atoms with Crippen molar-refractivity contribution in [3.63, 3.8) is 0 Å². The van der Waals surface area contributed by atoms with Gasteiger partial charge in [0.15, 0.2) is 0 Å². The fourth-order valence-corrected chi connectivity index (χ4v) is 2.13. The van der Waals surface area contributed by atoms with Gasteiger partial charge in [-0.3, -0.25) is 0 Å². The number of hydrogen-bond donors (Lipinski definition) is 2. The first-order valence-corrected chi connectivity index (χ1v) is 7.45. The predicted octanol–water partition coefficient (Wildman–Crippen LogP) is 4.02. The Kier molecular flexibility index (Phi) is 5.43. The molecule has 0 saturated carbocycles. The van der Waals surface area contributed by atoms with E-state index in [9.17, 15) is 0 Å². The zero-order valence-electron chi connectivity index (χ0n) is 12.7. The van der Waals surface area contributed by atoms with E-state index in [0.717, 1.165) is 18.7 Å². The molecule has 0 aliphatic heterocycles. The Morgan fingerprint density at radius 2 is 1.90 bits per heavy atom. The summed E-state index contributed by atoms with van der Waals surface area (Å²) in [6.07, 6.45) is 1.90. The van der Waals surface area contributed by atoms with Crippen LogP contribution in [0.4, 0.5) is 11.5 Å². The van der Waals surface area contributed by atoms with E-state index >= 15 is 0 Å². The number of nitrogens with one attached hydrogen (secondary N) is 1. The highest BCUT2D eigenvalue weighted by atomic mass is 16.5. The topological polar surface area (TPSA) is 60.2 Å². The summed E-state index contributed by atoms with van der Waals surface area (Å²) in [7, 11) is 0. The molecule has 0 bridgehead atoms. The van der Waals surface area contributed by atoms with Crippen LogP contribution >= 0.6 is 0 Å². The minimum atomic E-state index is 0.223. The van der Waals surface area contributed by atoms with Crippen molar-refractivity contribution in [2.24, 2.45) is 0 Å². The molecule has 0 radical (unpaired) electrons. The molecule has 1 heterocycles. The number of pyridine rings is 1. The number of rotatable bonds is 7. The van der Waals surface area contributed by atoms with E-state index in [-0.39, 0.29) is 6.04 Å². The van der Waals surface area contributed by atoms with Crippen molar-refractivity contribution in [2.45, 2.75) is 32.7 Å². The van der Waals surface area contributed by atoms with Crippen LogP contribution in [0.3, 0.4) is 0 Å². The fraction of sp³-hybridized carbons (Fsp3) is 0.353. The first kappa shape index (κ1) is 15.2. The minimum Gasteiger partial charge on any atom is -0.476 e. The second kappa shape index (κ2) is 7.53. The molecule has 1 aromatic heterocycles. The van der Waals surface area contributed by atoms with E-state index in [1.54, 1.807) is 0 Å². The standard InChI is InChI=1S/C17H23N3O/c1-3-12-21-17-14(18)10-11-16(20-17)19-15(4-2)13-8-6-5-7-9-13/h5-11,15H,3-4,12,18H2,1-2H3,(H,19,20). The van der Waals surface area contributed by atoms with Crippen molar-refractivity contribution in [3.05, 3.63) is 48.0 Å². The van der Waals surface area contributed by atoms with Crippen molar-refractivity contribution >= 4 is 11.5 Å². The van der Waals surface area contributed by atoms with Gasteiger partial charge < -0.3 is 15.8 Å².